The second-order valence-corrected chi connectivity index (χ2v) is 5.04. The number of carboxylic acid groups (broad SMARTS) is 1. The van der Waals surface area contributed by atoms with Crippen molar-refractivity contribution in [1.29, 1.82) is 0 Å². The summed E-state index contributed by atoms with van der Waals surface area (Å²) in [7, 11) is 0. The highest BCUT2D eigenvalue weighted by molar-refractivity contribution is 5.85. The summed E-state index contributed by atoms with van der Waals surface area (Å²) in [5.41, 5.74) is -1.24. The van der Waals surface area contributed by atoms with E-state index in [9.17, 15) is 14.7 Å². The summed E-state index contributed by atoms with van der Waals surface area (Å²) >= 11 is 0. The van der Waals surface area contributed by atoms with Crippen LogP contribution in [0.2, 0.25) is 0 Å². The second kappa shape index (κ2) is 5.56. The molecule has 104 valence electrons. The fourth-order valence-corrected chi connectivity index (χ4v) is 1.97. The quantitative estimate of drug-likeness (QED) is 0.736. The molecule has 0 heterocycles. The molecule has 6 heteroatoms. The highest BCUT2D eigenvalue weighted by Crippen LogP contribution is 2.29. The van der Waals surface area contributed by atoms with Crippen molar-refractivity contribution in [3.8, 4) is 0 Å². The smallest absolute Gasteiger partial charge is 0.329 e. The molecule has 2 N–H and O–H groups in total. The van der Waals surface area contributed by atoms with Gasteiger partial charge in [0.2, 0.25) is 0 Å². The first kappa shape index (κ1) is 14.8. The van der Waals surface area contributed by atoms with Crippen molar-refractivity contribution in [2.45, 2.75) is 45.2 Å². The molecular weight excluding hydrogens is 236 g/mol. The molecule has 1 saturated carbocycles. The molecule has 6 nitrogen and oxygen atoms in total. The SMILES string of the molecule is CCN(C(=O)N(CCO)C1CC1)C(C)(C)C(=O)O. The first-order valence-electron chi connectivity index (χ1n) is 6.28. The van der Waals surface area contributed by atoms with Crippen molar-refractivity contribution in [2.75, 3.05) is 19.7 Å². The minimum atomic E-state index is -1.24. The predicted octanol–water partition coefficient (Wildman–Crippen LogP) is 0.748. The number of carbonyl (C=O) groups excluding carboxylic acids is 1. The zero-order chi connectivity index (χ0) is 13.9. The van der Waals surface area contributed by atoms with E-state index in [1.807, 2.05) is 0 Å². The van der Waals surface area contributed by atoms with Crippen LogP contribution in [0.5, 0.6) is 0 Å². The Morgan fingerprint density at radius 1 is 1.33 bits per heavy atom. The second-order valence-electron chi connectivity index (χ2n) is 5.04. The summed E-state index contributed by atoms with van der Waals surface area (Å²) < 4.78 is 0. The maximum atomic E-state index is 12.4. The first-order valence-corrected chi connectivity index (χ1v) is 6.28. The molecule has 1 aliphatic carbocycles. The van der Waals surface area contributed by atoms with E-state index in [2.05, 4.69) is 0 Å². The van der Waals surface area contributed by atoms with Crippen LogP contribution in [0, 0.1) is 0 Å². The molecule has 1 rings (SSSR count). The van der Waals surface area contributed by atoms with Gasteiger partial charge in [0.15, 0.2) is 0 Å². The summed E-state index contributed by atoms with van der Waals surface area (Å²) in [5.74, 6) is -1.03. The number of aliphatic carboxylic acids is 1. The van der Waals surface area contributed by atoms with Gasteiger partial charge in [-0.25, -0.2) is 9.59 Å². The molecule has 0 aromatic rings. The molecule has 0 spiro atoms. The van der Waals surface area contributed by atoms with Crippen LogP contribution in [0.15, 0.2) is 0 Å². The number of aliphatic hydroxyl groups is 1. The van der Waals surface area contributed by atoms with Gasteiger partial charge in [0.25, 0.3) is 0 Å². The van der Waals surface area contributed by atoms with E-state index in [1.54, 1.807) is 11.8 Å². The normalized spacial score (nSPS) is 15.3. The minimum absolute atomic E-state index is 0.104. The molecule has 18 heavy (non-hydrogen) atoms. The molecule has 0 bridgehead atoms. The number of rotatable bonds is 6. The van der Waals surface area contributed by atoms with Gasteiger partial charge in [0.1, 0.15) is 5.54 Å². The van der Waals surface area contributed by atoms with Crippen LogP contribution in [0.3, 0.4) is 0 Å². The molecule has 0 saturated heterocycles. The molecule has 0 atom stereocenters. The largest absolute Gasteiger partial charge is 0.480 e. The van der Waals surface area contributed by atoms with Gasteiger partial charge in [0, 0.05) is 19.1 Å². The zero-order valence-electron chi connectivity index (χ0n) is 11.2. The highest BCUT2D eigenvalue weighted by atomic mass is 16.4. The lowest BCUT2D eigenvalue weighted by Crippen LogP contribution is -2.57. The van der Waals surface area contributed by atoms with Crippen molar-refractivity contribution in [2.24, 2.45) is 0 Å². The summed E-state index contributed by atoms with van der Waals surface area (Å²) in [6, 6.07) is -0.148. The summed E-state index contributed by atoms with van der Waals surface area (Å²) in [6.45, 7) is 5.27. The summed E-state index contributed by atoms with van der Waals surface area (Å²) in [6.07, 6.45) is 1.85. The highest BCUT2D eigenvalue weighted by Gasteiger charge is 2.42. The molecule has 2 amide bonds. The maximum absolute atomic E-state index is 12.4. The van der Waals surface area contributed by atoms with Gasteiger partial charge >= 0.3 is 12.0 Å². The number of carboxylic acids is 1. The van der Waals surface area contributed by atoms with Crippen LogP contribution in [-0.2, 0) is 4.79 Å². The Morgan fingerprint density at radius 3 is 2.22 bits per heavy atom. The van der Waals surface area contributed by atoms with E-state index in [-0.39, 0.29) is 25.2 Å². The third-order valence-electron chi connectivity index (χ3n) is 3.32. The molecule has 0 radical (unpaired) electrons. The molecule has 0 aromatic carbocycles. The van der Waals surface area contributed by atoms with Crippen molar-refractivity contribution in [3.63, 3.8) is 0 Å². The third-order valence-corrected chi connectivity index (χ3v) is 3.32. The summed E-state index contributed by atoms with van der Waals surface area (Å²) in [5, 5.41) is 18.2. The first-order chi connectivity index (χ1) is 8.36. The summed E-state index contributed by atoms with van der Waals surface area (Å²) in [4.78, 5) is 26.5. The van der Waals surface area contributed by atoms with Gasteiger partial charge in [-0.15, -0.1) is 0 Å². The van der Waals surface area contributed by atoms with E-state index in [0.29, 0.717) is 6.54 Å². The lowest BCUT2D eigenvalue weighted by Gasteiger charge is -2.38. The fraction of sp³-hybridized carbons (Fsp3) is 0.833. The van der Waals surface area contributed by atoms with Gasteiger partial charge in [0.05, 0.1) is 6.61 Å². The maximum Gasteiger partial charge on any atom is 0.329 e. The number of hydrogen-bond acceptors (Lipinski definition) is 3. The van der Waals surface area contributed by atoms with Crippen molar-refractivity contribution in [3.05, 3.63) is 0 Å². The number of urea groups is 1. The number of likely N-dealkylation sites (N-methyl/N-ethyl adjacent to an activating group) is 1. The van der Waals surface area contributed by atoms with Crippen LogP contribution >= 0.6 is 0 Å². The van der Waals surface area contributed by atoms with Gasteiger partial charge in [-0.2, -0.15) is 0 Å². The Hall–Kier alpha value is -1.30. The van der Waals surface area contributed by atoms with Crippen LogP contribution < -0.4 is 0 Å². The number of amides is 2. The number of nitrogens with zero attached hydrogens (tertiary/aromatic N) is 2. The zero-order valence-corrected chi connectivity index (χ0v) is 11.2. The van der Waals surface area contributed by atoms with Crippen molar-refractivity contribution < 1.29 is 19.8 Å². The van der Waals surface area contributed by atoms with Crippen LogP contribution in [0.1, 0.15) is 33.6 Å². The predicted molar refractivity (Wildman–Crippen MR) is 66.3 cm³/mol. The van der Waals surface area contributed by atoms with Crippen LogP contribution in [-0.4, -0.2) is 63.3 Å². The Labute approximate surface area is 107 Å². The molecule has 0 aromatic heterocycles. The van der Waals surface area contributed by atoms with Crippen molar-refractivity contribution in [1.82, 2.24) is 9.80 Å². The van der Waals surface area contributed by atoms with Gasteiger partial charge in [-0.05, 0) is 33.6 Å². The average molecular weight is 258 g/mol. The molecule has 0 unspecified atom stereocenters. The van der Waals surface area contributed by atoms with Crippen molar-refractivity contribution >= 4 is 12.0 Å². The number of aliphatic hydroxyl groups excluding tert-OH is 1. The monoisotopic (exact) mass is 258 g/mol. The number of carbonyl (C=O) groups is 2. The molecular formula is C12H22N2O4. The lowest BCUT2D eigenvalue weighted by atomic mass is 10.0. The average Bonchev–Trinajstić information content (AvgIpc) is 3.09. The van der Waals surface area contributed by atoms with Crippen LogP contribution in [0.4, 0.5) is 4.79 Å². The standard InChI is InChI=1S/C12H22N2O4/c1-4-14(12(2,3)10(16)17)11(18)13(7-8-15)9-5-6-9/h9,15H,4-8H2,1-3H3,(H,16,17). The Bertz CT molecular complexity index is 326. The van der Waals surface area contributed by atoms with Gasteiger partial charge in [-0.1, -0.05) is 0 Å². The minimum Gasteiger partial charge on any atom is -0.480 e. The van der Waals surface area contributed by atoms with E-state index in [0.717, 1.165) is 12.8 Å². The van der Waals surface area contributed by atoms with Gasteiger partial charge in [-0.3, -0.25) is 0 Å². The molecule has 0 aliphatic heterocycles. The van der Waals surface area contributed by atoms with E-state index >= 15 is 0 Å². The third kappa shape index (κ3) is 2.93. The van der Waals surface area contributed by atoms with E-state index < -0.39 is 11.5 Å². The lowest BCUT2D eigenvalue weighted by molar-refractivity contribution is -0.147. The van der Waals surface area contributed by atoms with Crippen LogP contribution in [0.25, 0.3) is 0 Å². The Morgan fingerprint density at radius 2 is 1.89 bits per heavy atom. The molecule has 1 aliphatic rings. The van der Waals surface area contributed by atoms with E-state index in [1.165, 1.54) is 18.7 Å². The molecule has 1 fully saturated rings. The topological polar surface area (TPSA) is 81.1 Å². The Balaban J connectivity index is 2.86. The van der Waals surface area contributed by atoms with Gasteiger partial charge < -0.3 is 20.0 Å². The van der Waals surface area contributed by atoms with E-state index in [4.69, 9.17) is 5.11 Å². The Kier molecular flexibility index (Phi) is 4.56. The number of hydrogen-bond donors (Lipinski definition) is 2. The fourth-order valence-electron chi connectivity index (χ4n) is 1.97.